The summed E-state index contributed by atoms with van der Waals surface area (Å²) in [5.74, 6) is -0.294. The minimum Gasteiger partial charge on any atom is -0.343 e. The van der Waals surface area contributed by atoms with E-state index in [1.165, 1.54) is 10.7 Å². The molecule has 2 N–H and O–H groups in total. The predicted octanol–water partition coefficient (Wildman–Crippen LogP) is 2.64. The lowest BCUT2D eigenvalue weighted by Crippen LogP contribution is -2.28. The molecule has 3 rings (SSSR count). The number of nitrogens with one attached hydrogen (secondary N) is 2. The average Bonchev–Trinajstić information content (AvgIpc) is 3.10. The first kappa shape index (κ1) is 16.2. The maximum Gasteiger partial charge on any atom is 0.270 e. The van der Waals surface area contributed by atoms with Crippen LogP contribution in [0.4, 0.5) is 0 Å². The van der Waals surface area contributed by atoms with Crippen molar-refractivity contribution in [3.05, 3.63) is 63.0 Å². The molecule has 6 nitrogen and oxygen atoms in total. The molecule has 0 aliphatic rings. The zero-order valence-corrected chi connectivity index (χ0v) is 14.5. The summed E-state index contributed by atoms with van der Waals surface area (Å²) in [6.45, 7) is 3.85. The van der Waals surface area contributed by atoms with Crippen molar-refractivity contribution >= 4 is 17.2 Å². The van der Waals surface area contributed by atoms with Crippen molar-refractivity contribution in [3.63, 3.8) is 0 Å². The monoisotopic (exact) mass is 342 g/mol. The van der Waals surface area contributed by atoms with Crippen LogP contribution in [-0.4, -0.2) is 20.7 Å². The molecule has 0 bridgehead atoms. The Morgan fingerprint density at radius 3 is 2.67 bits per heavy atom. The standard InChI is InChI=1S/C17H18N4O2S/c1-10(18-16(23)13-9-14(22)20-21(13)3)15-11(2)19-17(24-15)12-7-5-4-6-8-12/h4-10H,1-3H3,(H,18,23)(H,20,22). The van der Waals surface area contributed by atoms with Gasteiger partial charge in [0, 0.05) is 18.7 Å². The molecule has 0 radical (unpaired) electrons. The Bertz CT molecular complexity index is 924. The van der Waals surface area contributed by atoms with Crippen molar-refractivity contribution in [1.29, 1.82) is 0 Å². The van der Waals surface area contributed by atoms with Crippen LogP contribution in [0.2, 0.25) is 0 Å². The van der Waals surface area contributed by atoms with Crippen LogP contribution in [0, 0.1) is 6.92 Å². The Hall–Kier alpha value is -2.67. The summed E-state index contributed by atoms with van der Waals surface area (Å²) >= 11 is 1.57. The van der Waals surface area contributed by atoms with Crippen LogP contribution < -0.4 is 10.9 Å². The molecule has 0 saturated heterocycles. The summed E-state index contributed by atoms with van der Waals surface area (Å²) in [5.41, 5.74) is 1.96. The zero-order chi connectivity index (χ0) is 17.3. The fourth-order valence-electron chi connectivity index (χ4n) is 2.55. The van der Waals surface area contributed by atoms with Crippen molar-refractivity contribution in [2.45, 2.75) is 19.9 Å². The summed E-state index contributed by atoms with van der Waals surface area (Å²) in [6, 6.07) is 11.0. The van der Waals surface area contributed by atoms with Crippen molar-refractivity contribution in [3.8, 4) is 10.6 Å². The summed E-state index contributed by atoms with van der Waals surface area (Å²) < 4.78 is 1.42. The number of rotatable bonds is 4. The van der Waals surface area contributed by atoms with Gasteiger partial charge in [0.15, 0.2) is 0 Å². The van der Waals surface area contributed by atoms with Crippen molar-refractivity contribution in [2.75, 3.05) is 0 Å². The summed E-state index contributed by atoms with van der Waals surface area (Å²) in [4.78, 5) is 29.3. The fourth-order valence-corrected chi connectivity index (χ4v) is 3.62. The van der Waals surface area contributed by atoms with Gasteiger partial charge in [0.25, 0.3) is 11.5 Å². The third-order valence-electron chi connectivity index (χ3n) is 3.73. The van der Waals surface area contributed by atoms with Gasteiger partial charge in [-0.15, -0.1) is 11.3 Å². The molecule has 1 atom stereocenters. The van der Waals surface area contributed by atoms with Gasteiger partial charge in [-0.1, -0.05) is 30.3 Å². The third kappa shape index (κ3) is 3.16. The van der Waals surface area contributed by atoms with Crippen LogP contribution in [0.1, 0.15) is 34.0 Å². The Morgan fingerprint density at radius 1 is 1.33 bits per heavy atom. The minimum atomic E-state index is -0.296. The first-order valence-electron chi connectivity index (χ1n) is 7.55. The lowest BCUT2D eigenvalue weighted by molar-refractivity contribution is 0.0931. The fraction of sp³-hybridized carbons (Fsp3) is 0.235. The molecule has 0 fully saturated rings. The molecule has 2 aromatic heterocycles. The Labute approximate surface area is 143 Å². The molecule has 0 aliphatic heterocycles. The molecular formula is C17H18N4O2S. The highest BCUT2D eigenvalue weighted by atomic mass is 32.1. The summed E-state index contributed by atoms with van der Waals surface area (Å²) in [6.07, 6.45) is 0. The van der Waals surface area contributed by atoms with Gasteiger partial charge in [-0.05, 0) is 13.8 Å². The lowest BCUT2D eigenvalue weighted by atomic mass is 10.2. The number of aromatic amines is 1. The molecule has 3 aromatic rings. The van der Waals surface area contributed by atoms with Crippen LogP contribution in [0.5, 0.6) is 0 Å². The molecule has 0 saturated carbocycles. The second kappa shape index (κ2) is 6.45. The minimum absolute atomic E-state index is 0.197. The van der Waals surface area contributed by atoms with Crippen molar-refractivity contribution < 1.29 is 4.79 Å². The van der Waals surface area contributed by atoms with Crippen molar-refractivity contribution in [1.82, 2.24) is 20.1 Å². The molecule has 24 heavy (non-hydrogen) atoms. The van der Waals surface area contributed by atoms with E-state index in [4.69, 9.17) is 0 Å². The van der Waals surface area contributed by atoms with Gasteiger partial charge in [-0.2, -0.15) is 0 Å². The largest absolute Gasteiger partial charge is 0.343 e. The number of thiazole rings is 1. The molecule has 2 heterocycles. The maximum absolute atomic E-state index is 12.3. The van der Waals surface area contributed by atoms with E-state index in [1.807, 2.05) is 44.2 Å². The number of H-pyrrole nitrogens is 1. The van der Waals surface area contributed by atoms with Gasteiger partial charge in [-0.3, -0.25) is 19.4 Å². The highest BCUT2D eigenvalue weighted by Gasteiger charge is 2.19. The smallest absolute Gasteiger partial charge is 0.270 e. The number of aromatic nitrogens is 3. The average molecular weight is 342 g/mol. The molecular weight excluding hydrogens is 324 g/mol. The van der Waals surface area contributed by atoms with E-state index in [1.54, 1.807) is 18.4 Å². The highest BCUT2D eigenvalue weighted by molar-refractivity contribution is 7.15. The second-order valence-electron chi connectivity index (χ2n) is 5.59. The normalized spacial score (nSPS) is 12.1. The molecule has 7 heteroatoms. The van der Waals surface area contributed by atoms with Gasteiger partial charge in [0.05, 0.1) is 16.6 Å². The van der Waals surface area contributed by atoms with Gasteiger partial charge in [0.1, 0.15) is 10.7 Å². The lowest BCUT2D eigenvalue weighted by Gasteiger charge is -2.12. The van der Waals surface area contributed by atoms with E-state index in [9.17, 15) is 9.59 Å². The first-order chi connectivity index (χ1) is 11.5. The highest BCUT2D eigenvalue weighted by Crippen LogP contribution is 2.31. The predicted molar refractivity (Wildman–Crippen MR) is 94.2 cm³/mol. The third-order valence-corrected chi connectivity index (χ3v) is 5.12. The van der Waals surface area contributed by atoms with E-state index >= 15 is 0 Å². The van der Waals surface area contributed by atoms with Crippen LogP contribution in [-0.2, 0) is 7.05 Å². The first-order valence-corrected chi connectivity index (χ1v) is 8.37. The van der Waals surface area contributed by atoms with E-state index < -0.39 is 0 Å². The van der Waals surface area contributed by atoms with Gasteiger partial charge in [0.2, 0.25) is 0 Å². The van der Waals surface area contributed by atoms with Gasteiger partial charge in [-0.25, -0.2) is 4.98 Å². The van der Waals surface area contributed by atoms with Crippen LogP contribution >= 0.6 is 11.3 Å². The van der Waals surface area contributed by atoms with Crippen molar-refractivity contribution in [2.24, 2.45) is 7.05 Å². The van der Waals surface area contributed by atoms with E-state index in [0.717, 1.165) is 21.1 Å². The number of aryl methyl sites for hydroxylation is 2. The van der Waals surface area contributed by atoms with Crippen LogP contribution in [0.15, 0.2) is 41.2 Å². The SMILES string of the molecule is Cc1nc(-c2ccccc2)sc1C(C)NC(=O)c1cc(=O)[nH]n1C. The van der Waals surface area contributed by atoms with Gasteiger partial charge >= 0.3 is 0 Å². The number of benzene rings is 1. The topological polar surface area (TPSA) is 79.8 Å². The quantitative estimate of drug-likeness (QED) is 0.765. The van der Waals surface area contributed by atoms with E-state index in [2.05, 4.69) is 15.4 Å². The number of carbonyl (C=O) groups excluding carboxylic acids is 1. The number of carbonyl (C=O) groups is 1. The number of amides is 1. The molecule has 124 valence electrons. The van der Waals surface area contributed by atoms with Gasteiger partial charge < -0.3 is 5.32 Å². The summed E-state index contributed by atoms with van der Waals surface area (Å²) in [7, 11) is 1.63. The Kier molecular flexibility index (Phi) is 4.35. The summed E-state index contributed by atoms with van der Waals surface area (Å²) in [5, 5.41) is 6.38. The molecule has 1 aromatic carbocycles. The molecule has 0 aliphatic carbocycles. The van der Waals surface area contributed by atoms with E-state index in [0.29, 0.717) is 5.69 Å². The van der Waals surface area contributed by atoms with Crippen LogP contribution in [0.3, 0.4) is 0 Å². The second-order valence-corrected chi connectivity index (χ2v) is 6.63. The number of hydrogen-bond donors (Lipinski definition) is 2. The number of hydrogen-bond acceptors (Lipinski definition) is 4. The molecule has 1 amide bonds. The number of nitrogens with zero attached hydrogens (tertiary/aromatic N) is 2. The Morgan fingerprint density at radius 2 is 2.04 bits per heavy atom. The van der Waals surface area contributed by atoms with Crippen LogP contribution in [0.25, 0.3) is 10.6 Å². The Balaban J connectivity index is 1.82. The zero-order valence-electron chi connectivity index (χ0n) is 13.7. The maximum atomic E-state index is 12.3. The van der Waals surface area contributed by atoms with E-state index in [-0.39, 0.29) is 17.5 Å². The molecule has 0 spiro atoms. The molecule has 1 unspecified atom stereocenters.